The van der Waals surface area contributed by atoms with E-state index in [0.717, 1.165) is 26.1 Å². The van der Waals surface area contributed by atoms with E-state index in [0.29, 0.717) is 0 Å². The lowest BCUT2D eigenvalue weighted by Gasteiger charge is -2.07. The molecule has 2 rings (SSSR count). The van der Waals surface area contributed by atoms with Crippen molar-refractivity contribution < 1.29 is 0 Å². The third kappa shape index (κ3) is 3.44. The van der Waals surface area contributed by atoms with E-state index < -0.39 is 0 Å². The Balaban J connectivity index is 1.83. The molecule has 3 nitrogen and oxygen atoms in total. The average Bonchev–Trinajstić information content (AvgIpc) is 2.70. The Morgan fingerprint density at radius 2 is 1.89 bits per heavy atom. The van der Waals surface area contributed by atoms with Gasteiger partial charge in [0.15, 0.2) is 0 Å². The van der Waals surface area contributed by atoms with Gasteiger partial charge >= 0.3 is 0 Å². The molecule has 0 radical (unpaired) electrons. The Bertz CT molecular complexity index is 514. The van der Waals surface area contributed by atoms with Gasteiger partial charge in [-0.2, -0.15) is 5.10 Å². The second-order valence-corrected chi connectivity index (χ2v) is 4.89. The minimum absolute atomic E-state index is 0.917. The topological polar surface area (TPSA) is 29.9 Å². The first-order valence-electron chi connectivity index (χ1n) is 7.00. The lowest BCUT2D eigenvalue weighted by atomic mass is 10.1. The van der Waals surface area contributed by atoms with Crippen molar-refractivity contribution in [1.82, 2.24) is 15.1 Å². The normalized spacial score (nSPS) is 10.9. The van der Waals surface area contributed by atoms with Crippen LogP contribution in [0.1, 0.15) is 29.4 Å². The number of hydrogen-bond donors (Lipinski definition) is 1. The van der Waals surface area contributed by atoms with Gasteiger partial charge < -0.3 is 5.32 Å². The highest BCUT2D eigenvalue weighted by atomic mass is 15.3. The zero-order valence-electron chi connectivity index (χ0n) is 12.1. The monoisotopic (exact) mass is 257 g/mol. The van der Waals surface area contributed by atoms with E-state index in [9.17, 15) is 0 Å². The lowest BCUT2D eigenvalue weighted by molar-refractivity contribution is 0.542. The molecule has 0 bridgehead atoms. The fourth-order valence-electron chi connectivity index (χ4n) is 2.48. The van der Waals surface area contributed by atoms with Crippen LogP contribution in [0.2, 0.25) is 0 Å². The molecule has 1 heterocycles. The van der Waals surface area contributed by atoms with Crippen LogP contribution in [-0.2, 0) is 19.5 Å². The number of nitrogens with one attached hydrogen (secondary N) is 1. The van der Waals surface area contributed by atoms with Gasteiger partial charge in [0.1, 0.15) is 0 Å². The van der Waals surface area contributed by atoms with Crippen molar-refractivity contribution in [3.05, 3.63) is 52.8 Å². The van der Waals surface area contributed by atoms with E-state index in [1.54, 1.807) is 0 Å². The molecular formula is C16H23N3. The smallest absolute Gasteiger partial charge is 0.0628 e. The average molecular weight is 257 g/mol. The summed E-state index contributed by atoms with van der Waals surface area (Å²) in [5, 5.41) is 8.07. The summed E-state index contributed by atoms with van der Waals surface area (Å²) in [6.07, 6.45) is 1.06. The van der Waals surface area contributed by atoms with Crippen molar-refractivity contribution in [2.45, 2.75) is 40.3 Å². The van der Waals surface area contributed by atoms with Gasteiger partial charge in [-0.25, -0.2) is 0 Å². The predicted molar refractivity (Wildman–Crippen MR) is 79.2 cm³/mol. The Kier molecular flexibility index (Phi) is 4.74. The number of nitrogens with zero attached hydrogens (tertiary/aromatic N) is 2. The van der Waals surface area contributed by atoms with Crippen molar-refractivity contribution in [2.24, 2.45) is 0 Å². The Hall–Kier alpha value is -1.61. The summed E-state index contributed by atoms with van der Waals surface area (Å²) in [6.45, 7) is 9.24. The Morgan fingerprint density at radius 1 is 1.16 bits per heavy atom. The van der Waals surface area contributed by atoms with Crippen LogP contribution >= 0.6 is 0 Å². The highest BCUT2D eigenvalue weighted by Crippen LogP contribution is 2.12. The van der Waals surface area contributed by atoms with Gasteiger partial charge in [-0.1, -0.05) is 37.3 Å². The van der Waals surface area contributed by atoms with E-state index >= 15 is 0 Å². The molecule has 0 amide bonds. The molecule has 0 saturated carbocycles. The third-order valence-corrected chi connectivity index (χ3v) is 3.56. The standard InChI is InChI=1S/C16H23N3/c1-4-16-13(2)18-19(14(16)3)11-10-17-12-15-8-6-5-7-9-15/h5-9,17H,4,10-12H2,1-3H3. The number of hydrogen-bond acceptors (Lipinski definition) is 2. The van der Waals surface area contributed by atoms with Crippen molar-refractivity contribution >= 4 is 0 Å². The van der Waals surface area contributed by atoms with Crippen LogP contribution in [0, 0.1) is 13.8 Å². The maximum atomic E-state index is 4.60. The van der Waals surface area contributed by atoms with Gasteiger partial charge in [-0.15, -0.1) is 0 Å². The molecule has 0 aliphatic rings. The second kappa shape index (κ2) is 6.53. The molecule has 0 aliphatic heterocycles. The molecule has 1 N–H and O–H groups in total. The number of aromatic nitrogens is 2. The molecule has 0 fully saturated rings. The molecule has 1 aromatic heterocycles. The highest BCUT2D eigenvalue weighted by Gasteiger charge is 2.08. The summed E-state index contributed by atoms with van der Waals surface area (Å²) in [4.78, 5) is 0. The van der Waals surface area contributed by atoms with Gasteiger partial charge in [-0.3, -0.25) is 4.68 Å². The van der Waals surface area contributed by atoms with Gasteiger partial charge in [0, 0.05) is 18.8 Å². The third-order valence-electron chi connectivity index (χ3n) is 3.56. The zero-order chi connectivity index (χ0) is 13.7. The van der Waals surface area contributed by atoms with Gasteiger partial charge in [0.2, 0.25) is 0 Å². The first-order chi connectivity index (χ1) is 9.22. The molecule has 2 aromatic rings. The van der Waals surface area contributed by atoms with Crippen molar-refractivity contribution in [3.8, 4) is 0 Å². The molecular weight excluding hydrogens is 234 g/mol. The molecule has 3 heteroatoms. The van der Waals surface area contributed by atoms with Gasteiger partial charge in [0.05, 0.1) is 12.2 Å². The second-order valence-electron chi connectivity index (χ2n) is 4.89. The largest absolute Gasteiger partial charge is 0.311 e. The first-order valence-corrected chi connectivity index (χ1v) is 7.00. The van der Waals surface area contributed by atoms with Crippen molar-refractivity contribution in [1.29, 1.82) is 0 Å². The van der Waals surface area contributed by atoms with Crippen LogP contribution in [0.4, 0.5) is 0 Å². The van der Waals surface area contributed by atoms with E-state index in [1.165, 1.54) is 22.5 Å². The number of benzene rings is 1. The van der Waals surface area contributed by atoms with Crippen LogP contribution in [0.15, 0.2) is 30.3 Å². The fraction of sp³-hybridized carbons (Fsp3) is 0.438. The van der Waals surface area contributed by atoms with Gasteiger partial charge in [0.25, 0.3) is 0 Å². The van der Waals surface area contributed by atoms with Crippen LogP contribution in [0.5, 0.6) is 0 Å². The molecule has 102 valence electrons. The van der Waals surface area contributed by atoms with Crippen molar-refractivity contribution in [3.63, 3.8) is 0 Å². The quantitative estimate of drug-likeness (QED) is 0.806. The van der Waals surface area contributed by atoms with Crippen LogP contribution in [0.25, 0.3) is 0 Å². The minimum Gasteiger partial charge on any atom is -0.311 e. The highest BCUT2D eigenvalue weighted by molar-refractivity contribution is 5.24. The summed E-state index contributed by atoms with van der Waals surface area (Å²) in [6, 6.07) is 10.5. The number of aryl methyl sites for hydroxylation is 1. The summed E-state index contributed by atoms with van der Waals surface area (Å²) in [7, 11) is 0. The minimum atomic E-state index is 0.917. The van der Waals surface area contributed by atoms with Crippen molar-refractivity contribution in [2.75, 3.05) is 6.54 Å². The van der Waals surface area contributed by atoms with Crippen LogP contribution in [0.3, 0.4) is 0 Å². The first kappa shape index (κ1) is 13.8. The summed E-state index contributed by atoms with van der Waals surface area (Å²) >= 11 is 0. The Morgan fingerprint density at radius 3 is 2.53 bits per heavy atom. The molecule has 1 aromatic carbocycles. The fourth-order valence-corrected chi connectivity index (χ4v) is 2.48. The summed E-state index contributed by atoms with van der Waals surface area (Å²) in [5.41, 5.74) is 5.19. The van der Waals surface area contributed by atoms with Gasteiger partial charge in [-0.05, 0) is 31.4 Å². The van der Waals surface area contributed by atoms with Crippen LogP contribution in [-0.4, -0.2) is 16.3 Å². The number of rotatable bonds is 6. The molecule has 0 atom stereocenters. The van der Waals surface area contributed by atoms with E-state index in [2.05, 4.69) is 60.1 Å². The van der Waals surface area contributed by atoms with E-state index in [4.69, 9.17) is 0 Å². The van der Waals surface area contributed by atoms with Crippen LogP contribution < -0.4 is 5.32 Å². The molecule has 0 aliphatic carbocycles. The van der Waals surface area contributed by atoms with E-state index in [-0.39, 0.29) is 0 Å². The Labute approximate surface area is 115 Å². The van der Waals surface area contributed by atoms with E-state index in [1.807, 2.05) is 6.07 Å². The maximum Gasteiger partial charge on any atom is 0.0628 e. The predicted octanol–water partition coefficient (Wildman–Crippen LogP) is 2.85. The molecule has 0 spiro atoms. The molecule has 19 heavy (non-hydrogen) atoms. The maximum absolute atomic E-state index is 4.60. The molecule has 0 saturated heterocycles. The summed E-state index contributed by atoms with van der Waals surface area (Å²) in [5.74, 6) is 0. The lowest BCUT2D eigenvalue weighted by Crippen LogP contribution is -2.20. The SMILES string of the molecule is CCc1c(C)nn(CCNCc2ccccc2)c1C. The zero-order valence-corrected chi connectivity index (χ0v) is 12.1. The summed E-state index contributed by atoms with van der Waals surface area (Å²) < 4.78 is 2.12. The molecule has 0 unspecified atom stereocenters.